The number of nitrogens with one attached hydrogen (secondary N) is 2. The zero-order valence-electron chi connectivity index (χ0n) is 19.7. The summed E-state index contributed by atoms with van der Waals surface area (Å²) in [6.07, 6.45) is 1.72. The normalized spacial score (nSPS) is 11.7. The molecule has 0 aliphatic heterocycles. The minimum Gasteiger partial charge on any atom is -0.342 e. The minimum atomic E-state index is -0.433. The molecule has 1 aromatic heterocycles. The Labute approximate surface area is 209 Å². The summed E-state index contributed by atoms with van der Waals surface area (Å²) in [7, 11) is 0. The lowest BCUT2D eigenvalue weighted by atomic mass is 10.1. The highest BCUT2D eigenvalue weighted by molar-refractivity contribution is 7.99. The molecule has 1 heterocycles. The van der Waals surface area contributed by atoms with Gasteiger partial charge in [0.1, 0.15) is 0 Å². The van der Waals surface area contributed by atoms with Gasteiger partial charge in [0, 0.05) is 12.2 Å². The van der Waals surface area contributed by atoms with E-state index < -0.39 is 6.04 Å². The number of allylic oxidation sites excluding steroid dienone is 1. The molecule has 3 aromatic rings. The number of nitrogens with zero attached hydrogens (tertiary/aromatic N) is 3. The fraction of sp³-hybridized carbons (Fsp3) is 0.280. The Morgan fingerprint density at radius 2 is 1.85 bits per heavy atom. The summed E-state index contributed by atoms with van der Waals surface area (Å²) in [5.41, 5.74) is 4.43. The standard InChI is InChI=1S/C25H28ClN5O2S/c1-6-11-31-23(18(5)27-24(33)19-9-7-8-10-20(19)26)29-30-25(31)34-14-21(32)28-22-16(3)12-15(2)13-17(22)4/h6-10,12-13,18H,1,11,14H2,2-5H3,(H,27,33)(H,28,32)/t18-/m0/s1. The third-order valence-electron chi connectivity index (χ3n) is 5.18. The van der Waals surface area contributed by atoms with Crippen molar-refractivity contribution in [1.29, 1.82) is 0 Å². The quantitative estimate of drug-likeness (QED) is 0.311. The van der Waals surface area contributed by atoms with Gasteiger partial charge in [-0.3, -0.25) is 9.59 Å². The Kier molecular flexibility index (Phi) is 8.52. The minimum absolute atomic E-state index is 0.130. The lowest BCUT2D eigenvalue weighted by Crippen LogP contribution is -2.29. The van der Waals surface area contributed by atoms with Crippen LogP contribution in [0.4, 0.5) is 5.69 Å². The first kappa shape index (κ1) is 25.5. The third kappa shape index (κ3) is 6.07. The lowest BCUT2D eigenvalue weighted by Gasteiger charge is -2.16. The average molecular weight is 498 g/mol. The van der Waals surface area contributed by atoms with Crippen LogP contribution >= 0.6 is 23.4 Å². The Morgan fingerprint density at radius 3 is 2.50 bits per heavy atom. The number of anilines is 1. The van der Waals surface area contributed by atoms with Gasteiger partial charge in [-0.2, -0.15) is 0 Å². The number of aryl methyl sites for hydroxylation is 3. The molecular formula is C25H28ClN5O2S. The molecule has 34 heavy (non-hydrogen) atoms. The van der Waals surface area contributed by atoms with E-state index in [1.165, 1.54) is 11.8 Å². The zero-order valence-corrected chi connectivity index (χ0v) is 21.3. The number of amides is 2. The topological polar surface area (TPSA) is 88.9 Å². The van der Waals surface area contributed by atoms with E-state index in [4.69, 9.17) is 11.6 Å². The Morgan fingerprint density at radius 1 is 1.18 bits per heavy atom. The summed E-state index contributed by atoms with van der Waals surface area (Å²) in [6.45, 7) is 12.1. The highest BCUT2D eigenvalue weighted by Crippen LogP contribution is 2.25. The van der Waals surface area contributed by atoms with E-state index in [9.17, 15) is 9.59 Å². The predicted octanol–water partition coefficient (Wildman–Crippen LogP) is 5.26. The summed E-state index contributed by atoms with van der Waals surface area (Å²) in [6, 6.07) is 10.5. The number of benzene rings is 2. The molecule has 0 radical (unpaired) electrons. The molecule has 0 fully saturated rings. The largest absolute Gasteiger partial charge is 0.342 e. The van der Waals surface area contributed by atoms with Gasteiger partial charge in [0.25, 0.3) is 5.91 Å². The molecule has 3 rings (SSSR count). The van der Waals surface area contributed by atoms with Crippen LogP contribution < -0.4 is 10.6 Å². The average Bonchev–Trinajstić information content (AvgIpc) is 3.18. The summed E-state index contributed by atoms with van der Waals surface area (Å²) in [5, 5.41) is 15.4. The van der Waals surface area contributed by atoms with Gasteiger partial charge in [-0.25, -0.2) is 0 Å². The van der Waals surface area contributed by atoms with E-state index in [2.05, 4.69) is 27.4 Å². The highest BCUT2D eigenvalue weighted by Gasteiger charge is 2.21. The van der Waals surface area contributed by atoms with E-state index in [1.54, 1.807) is 30.3 Å². The number of thioether (sulfide) groups is 1. The number of carbonyl (C=O) groups excluding carboxylic acids is 2. The van der Waals surface area contributed by atoms with Gasteiger partial charge in [0.15, 0.2) is 11.0 Å². The molecule has 2 aromatic carbocycles. The van der Waals surface area contributed by atoms with Crippen LogP contribution in [0.1, 0.15) is 45.8 Å². The van der Waals surface area contributed by atoms with E-state index in [0.717, 1.165) is 22.4 Å². The summed E-state index contributed by atoms with van der Waals surface area (Å²) < 4.78 is 1.84. The molecule has 0 bridgehead atoms. The van der Waals surface area contributed by atoms with E-state index in [-0.39, 0.29) is 17.6 Å². The molecule has 9 heteroatoms. The smallest absolute Gasteiger partial charge is 0.253 e. The molecule has 0 saturated carbocycles. The fourth-order valence-corrected chi connectivity index (χ4v) is 4.67. The Bertz CT molecular complexity index is 1200. The van der Waals surface area contributed by atoms with Gasteiger partial charge in [-0.15, -0.1) is 16.8 Å². The van der Waals surface area contributed by atoms with Crippen LogP contribution in [0, 0.1) is 20.8 Å². The monoisotopic (exact) mass is 497 g/mol. The maximum absolute atomic E-state index is 12.7. The molecule has 2 amide bonds. The number of hydrogen-bond donors (Lipinski definition) is 2. The maximum Gasteiger partial charge on any atom is 0.253 e. The number of aromatic nitrogens is 3. The van der Waals surface area contributed by atoms with Crippen molar-refractivity contribution in [2.45, 2.75) is 45.4 Å². The SMILES string of the molecule is C=CCn1c(SCC(=O)Nc2c(C)cc(C)cc2C)nnc1[C@H](C)NC(=O)c1ccccc1Cl. The van der Waals surface area contributed by atoms with Crippen LogP contribution in [0.5, 0.6) is 0 Å². The summed E-state index contributed by atoms with van der Waals surface area (Å²) >= 11 is 7.42. The van der Waals surface area contributed by atoms with Crippen molar-refractivity contribution < 1.29 is 9.59 Å². The third-order valence-corrected chi connectivity index (χ3v) is 6.48. The second-order valence-corrected chi connectivity index (χ2v) is 9.38. The Balaban J connectivity index is 1.70. The molecule has 0 aliphatic carbocycles. The molecule has 0 aliphatic rings. The van der Waals surface area contributed by atoms with E-state index >= 15 is 0 Å². The number of carbonyl (C=O) groups is 2. The second kappa shape index (κ2) is 11.4. The zero-order chi connectivity index (χ0) is 24.8. The number of halogens is 1. The van der Waals surface area contributed by atoms with Crippen LogP contribution in [0.25, 0.3) is 0 Å². The molecule has 2 N–H and O–H groups in total. The molecule has 0 unspecified atom stereocenters. The lowest BCUT2D eigenvalue weighted by molar-refractivity contribution is -0.113. The first-order valence-corrected chi connectivity index (χ1v) is 12.2. The molecule has 0 spiro atoms. The fourth-order valence-electron chi connectivity index (χ4n) is 3.69. The first-order chi connectivity index (χ1) is 16.2. The van der Waals surface area contributed by atoms with Crippen molar-refractivity contribution >= 4 is 40.9 Å². The maximum atomic E-state index is 12.7. The van der Waals surface area contributed by atoms with E-state index in [1.807, 2.05) is 44.4 Å². The summed E-state index contributed by atoms with van der Waals surface area (Å²) in [4.78, 5) is 25.3. The van der Waals surface area contributed by atoms with Gasteiger partial charge >= 0.3 is 0 Å². The van der Waals surface area contributed by atoms with Crippen LogP contribution in [0.15, 0.2) is 54.2 Å². The first-order valence-electron chi connectivity index (χ1n) is 10.8. The number of rotatable bonds is 9. The van der Waals surface area contributed by atoms with Crippen LogP contribution in [-0.2, 0) is 11.3 Å². The molecular weight excluding hydrogens is 470 g/mol. The highest BCUT2D eigenvalue weighted by atomic mass is 35.5. The van der Waals surface area contributed by atoms with Crippen LogP contribution in [0.3, 0.4) is 0 Å². The summed E-state index contributed by atoms with van der Waals surface area (Å²) in [5.74, 6) is 0.300. The van der Waals surface area contributed by atoms with Gasteiger partial charge in [0.05, 0.1) is 22.4 Å². The molecule has 0 saturated heterocycles. The van der Waals surface area contributed by atoms with Crippen LogP contribution in [-0.4, -0.2) is 32.3 Å². The predicted molar refractivity (Wildman–Crippen MR) is 138 cm³/mol. The van der Waals surface area contributed by atoms with Crippen LogP contribution in [0.2, 0.25) is 5.02 Å². The number of hydrogen-bond acceptors (Lipinski definition) is 5. The van der Waals surface area contributed by atoms with E-state index in [0.29, 0.717) is 28.1 Å². The van der Waals surface area contributed by atoms with Gasteiger partial charge < -0.3 is 15.2 Å². The van der Waals surface area contributed by atoms with Gasteiger partial charge in [0.2, 0.25) is 5.91 Å². The Hall–Kier alpha value is -3.10. The van der Waals surface area contributed by atoms with Crippen molar-refractivity contribution in [3.63, 3.8) is 0 Å². The molecule has 178 valence electrons. The molecule has 7 nitrogen and oxygen atoms in total. The van der Waals surface area contributed by atoms with Crippen molar-refractivity contribution in [1.82, 2.24) is 20.1 Å². The van der Waals surface area contributed by atoms with Crippen molar-refractivity contribution in [2.75, 3.05) is 11.1 Å². The van der Waals surface area contributed by atoms with Gasteiger partial charge in [-0.05, 0) is 51.0 Å². The van der Waals surface area contributed by atoms with Crippen molar-refractivity contribution in [2.24, 2.45) is 0 Å². The van der Waals surface area contributed by atoms with Crippen molar-refractivity contribution in [3.8, 4) is 0 Å². The van der Waals surface area contributed by atoms with Gasteiger partial charge in [-0.1, -0.05) is 59.3 Å². The molecule has 1 atom stereocenters. The second-order valence-electron chi connectivity index (χ2n) is 8.03. The van der Waals surface area contributed by atoms with Crippen molar-refractivity contribution in [3.05, 3.63) is 82.2 Å².